The van der Waals surface area contributed by atoms with E-state index in [1.165, 1.54) is 20.2 Å². The van der Waals surface area contributed by atoms with Gasteiger partial charge in [-0.3, -0.25) is 4.79 Å². The normalized spacial score (nSPS) is 11.5. The summed E-state index contributed by atoms with van der Waals surface area (Å²) in [5, 5.41) is 0. The van der Waals surface area contributed by atoms with Gasteiger partial charge in [-0.1, -0.05) is 0 Å². The number of methoxy groups -OCH3 is 1. The summed E-state index contributed by atoms with van der Waals surface area (Å²) in [5.41, 5.74) is 0.749. The van der Waals surface area contributed by atoms with Crippen LogP contribution in [0.4, 0.5) is 0 Å². The summed E-state index contributed by atoms with van der Waals surface area (Å²) in [6, 6.07) is 4.71. The minimum absolute atomic E-state index is 0.0161. The topological polar surface area (TPSA) is 72.9 Å². The average molecular weight is 315 g/mol. The Kier molecular flexibility index (Phi) is 6.17. The van der Waals surface area contributed by atoms with E-state index in [-0.39, 0.29) is 17.9 Å². The number of esters is 1. The van der Waals surface area contributed by atoms with Gasteiger partial charge in [-0.2, -0.15) is 0 Å². The number of carbonyl (C=O) groups excluding carboxylic acids is 1. The zero-order chi connectivity index (χ0) is 16.0. The first-order valence-electron chi connectivity index (χ1n) is 6.59. The Morgan fingerprint density at radius 1 is 1.33 bits per heavy atom. The van der Waals surface area contributed by atoms with E-state index in [1.54, 1.807) is 19.1 Å². The lowest BCUT2D eigenvalue weighted by Gasteiger charge is -2.17. The Labute approximate surface area is 125 Å². The van der Waals surface area contributed by atoms with Gasteiger partial charge in [0.05, 0.1) is 25.0 Å². The van der Waals surface area contributed by atoms with E-state index in [2.05, 4.69) is 4.74 Å². The van der Waals surface area contributed by atoms with Crippen molar-refractivity contribution in [2.45, 2.75) is 25.2 Å². The van der Waals surface area contributed by atoms with E-state index in [1.807, 2.05) is 6.92 Å². The summed E-state index contributed by atoms with van der Waals surface area (Å²) >= 11 is 0. The molecule has 0 amide bonds. The molecule has 0 radical (unpaired) electrons. The van der Waals surface area contributed by atoms with Gasteiger partial charge in [-0.05, 0) is 37.6 Å². The maximum atomic E-state index is 12.4. The summed E-state index contributed by atoms with van der Waals surface area (Å²) in [6.07, 6.45) is 0.0161. The predicted molar refractivity (Wildman–Crippen MR) is 78.8 cm³/mol. The summed E-state index contributed by atoms with van der Waals surface area (Å²) in [7, 11) is -0.922. The van der Waals surface area contributed by atoms with E-state index in [0.29, 0.717) is 12.4 Å². The van der Waals surface area contributed by atoms with Gasteiger partial charge in [-0.25, -0.2) is 12.7 Å². The van der Waals surface area contributed by atoms with Crippen LogP contribution in [0.25, 0.3) is 0 Å². The number of aryl methyl sites for hydroxylation is 1. The van der Waals surface area contributed by atoms with Gasteiger partial charge >= 0.3 is 5.97 Å². The van der Waals surface area contributed by atoms with Gasteiger partial charge < -0.3 is 9.47 Å². The van der Waals surface area contributed by atoms with Gasteiger partial charge in [0.15, 0.2) is 0 Å². The second-order valence-corrected chi connectivity index (χ2v) is 6.56. The van der Waals surface area contributed by atoms with Crippen molar-refractivity contribution in [3.8, 4) is 5.75 Å². The van der Waals surface area contributed by atoms with Gasteiger partial charge in [-0.15, -0.1) is 0 Å². The molecule has 118 valence electrons. The highest BCUT2D eigenvalue weighted by Crippen LogP contribution is 2.23. The molecule has 0 aromatic heterocycles. The van der Waals surface area contributed by atoms with Crippen LogP contribution < -0.4 is 4.74 Å². The molecule has 0 heterocycles. The lowest BCUT2D eigenvalue weighted by molar-refractivity contribution is -0.140. The van der Waals surface area contributed by atoms with E-state index >= 15 is 0 Å². The van der Waals surface area contributed by atoms with Crippen LogP contribution in [0.2, 0.25) is 0 Å². The molecule has 1 aromatic carbocycles. The van der Waals surface area contributed by atoms with Crippen LogP contribution in [-0.4, -0.2) is 46.0 Å². The first-order chi connectivity index (χ1) is 9.82. The Balaban J connectivity index is 2.91. The molecule has 0 aliphatic heterocycles. The summed E-state index contributed by atoms with van der Waals surface area (Å²) < 4.78 is 35.8. The van der Waals surface area contributed by atoms with Gasteiger partial charge in [0.1, 0.15) is 5.75 Å². The molecule has 0 unspecified atom stereocenters. The molecule has 0 aliphatic carbocycles. The molecule has 6 nitrogen and oxygen atoms in total. The second-order valence-electron chi connectivity index (χ2n) is 4.51. The van der Waals surface area contributed by atoms with E-state index in [9.17, 15) is 13.2 Å². The molecule has 0 fully saturated rings. The van der Waals surface area contributed by atoms with Gasteiger partial charge in [0, 0.05) is 13.6 Å². The Morgan fingerprint density at radius 2 is 2.00 bits per heavy atom. The minimum atomic E-state index is -3.63. The number of hydrogen-bond donors (Lipinski definition) is 0. The first-order valence-corrected chi connectivity index (χ1v) is 8.03. The highest BCUT2D eigenvalue weighted by atomic mass is 32.2. The van der Waals surface area contributed by atoms with E-state index in [4.69, 9.17) is 4.74 Å². The molecule has 0 spiro atoms. The smallest absolute Gasteiger partial charge is 0.306 e. The van der Waals surface area contributed by atoms with Crippen LogP contribution >= 0.6 is 0 Å². The third-order valence-corrected chi connectivity index (χ3v) is 4.87. The molecule has 0 atom stereocenters. The zero-order valence-corrected chi connectivity index (χ0v) is 13.6. The second kappa shape index (κ2) is 7.42. The summed E-state index contributed by atoms with van der Waals surface area (Å²) in [6.45, 7) is 4.25. The van der Waals surface area contributed by atoms with E-state index < -0.39 is 16.0 Å². The summed E-state index contributed by atoms with van der Waals surface area (Å²) in [4.78, 5) is 11.3. The maximum absolute atomic E-state index is 12.4. The lowest BCUT2D eigenvalue weighted by atomic mass is 10.2. The van der Waals surface area contributed by atoms with Crippen molar-refractivity contribution in [3.05, 3.63) is 23.8 Å². The first kappa shape index (κ1) is 17.5. The fourth-order valence-corrected chi connectivity index (χ4v) is 3.01. The molecule has 7 heteroatoms. The third-order valence-electron chi connectivity index (χ3n) is 3.01. The molecular weight excluding hydrogens is 294 g/mol. The molecule has 0 saturated carbocycles. The van der Waals surface area contributed by atoms with Crippen molar-refractivity contribution in [1.29, 1.82) is 0 Å². The quantitative estimate of drug-likeness (QED) is 0.714. The standard InChI is InChI=1S/C14H21NO5S/c1-5-20-13-7-6-12(10-11(13)2)21(17,18)15(3)9-8-14(16)19-4/h6-7,10H,5,8-9H2,1-4H3. The number of rotatable bonds is 7. The molecule has 0 aliphatic rings. The molecule has 1 aromatic rings. The van der Waals surface area contributed by atoms with Crippen LogP contribution in [0, 0.1) is 6.92 Å². The van der Waals surface area contributed by atoms with Crippen molar-refractivity contribution in [3.63, 3.8) is 0 Å². The van der Waals surface area contributed by atoms with Crippen LogP contribution in [0.1, 0.15) is 18.9 Å². The Hall–Kier alpha value is -1.60. The fourth-order valence-electron chi connectivity index (χ4n) is 1.75. The lowest BCUT2D eigenvalue weighted by Crippen LogP contribution is -2.29. The molecule has 0 N–H and O–H groups in total. The van der Waals surface area contributed by atoms with Crippen molar-refractivity contribution in [2.75, 3.05) is 27.3 Å². The van der Waals surface area contributed by atoms with Crippen molar-refractivity contribution in [2.24, 2.45) is 0 Å². The van der Waals surface area contributed by atoms with E-state index in [0.717, 1.165) is 9.87 Å². The van der Waals surface area contributed by atoms with Crippen LogP contribution in [0.15, 0.2) is 23.1 Å². The molecule has 0 bridgehead atoms. The number of carbonyl (C=O) groups is 1. The average Bonchev–Trinajstić information content (AvgIpc) is 2.46. The molecule has 1 rings (SSSR count). The van der Waals surface area contributed by atoms with Crippen LogP contribution in [-0.2, 0) is 19.6 Å². The number of ether oxygens (including phenoxy) is 2. The number of benzene rings is 1. The monoisotopic (exact) mass is 315 g/mol. The fraction of sp³-hybridized carbons (Fsp3) is 0.500. The number of sulfonamides is 1. The van der Waals surface area contributed by atoms with Crippen molar-refractivity contribution >= 4 is 16.0 Å². The zero-order valence-electron chi connectivity index (χ0n) is 12.8. The van der Waals surface area contributed by atoms with Crippen molar-refractivity contribution in [1.82, 2.24) is 4.31 Å². The number of nitrogens with zero attached hydrogens (tertiary/aromatic N) is 1. The molecular formula is C14H21NO5S. The van der Waals surface area contributed by atoms with Crippen molar-refractivity contribution < 1.29 is 22.7 Å². The van der Waals surface area contributed by atoms with Gasteiger partial charge in [0.25, 0.3) is 0 Å². The largest absolute Gasteiger partial charge is 0.494 e. The highest BCUT2D eigenvalue weighted by molar-refractivity contribution is 7.89. The highest BCUT2D eigenvalue weighted by Gasteiger charge is 2.22. The SMILES string of the molecule is CCOc1ccc(S(=O)(=O)N(C)CCC(=O)OC)cc1C. The van der Waals surface area contributed by atoms with Crippen LogP contribution in [0.5, 0.6) is 5.75 Å². The maximum Gasteiger partial charge on any atom is 0.306 e. The Bertz CT molecular complexity index is 597. The molecule has 21 heavy (non-hydrogen) atoms. The molecule has 0 saturated heterocycles. The van der Waals surface area contributed by atoms with Gasteiger partial charge in [0.2, 0.25) is 10.0 Å². The third kappa shape index (κ3) is 4.44. The predicted octanol–water partition coefficient (Wildman–Crippen LogP) is 1.58. The minimum Gasteiger partial charge on any atom is -0.494 e. The summed E-state index contributed by atoms with van der Waals surface area (Å²) in [5.74, 6) is 0.216. The Morgan fingerprint density at radius 3 is 2.52 bits per heavy atom. The number of hydrogen-bond acceptors (Lipinski definition) is 5. The van der Waals surface area contributed by atoms with Crippen LogP contribution in [0.3, 0.4) is 0 Å².